The first kappa shape index (κ1) is 45.0. The number of hydrogen-bond acceptors (Lipinski definition) is 8. The van der Waals surface area contributed by atoms with Gasteiger partial charge in [-0.2, -0.15) is 0 Å². The van der Waals surface area contributed by atoms with Crippen LogP contribution in [0.2, 0.25) is 0 Å². The van der Waals surface area contributed by atoms with Gasteiger partial charge in [0.2, 0.25) is 0 Å². The van der Waals surface area contributed by atoms with Gasteiger partial charge in [-0.25, -0.2) is 17.8 Å². The second-order valence-electron chi connectivity index (χ2n) is 2.08. The van der Waals surface area contributed by atoms with Gasteiger partial charge < -0.3 is 50.1 Å². The van der Waals surface area contributed by atoms with Gasteiger partial charge in [0.05, 0.1) is 0 Å². The molecule has 2 atom stereocenters. The molecule has 23 heavy (non-hydrogen) atoms. The van der Waals surface area contributed by atoms with Crippen LogP contribution in [0.1, 0.15) is 0 Å². The van der Waals surface area contributed by atoms with Crippen LogP contribution in [0.3, 0.4) is 0 Å². The largest absolute Gasteiger partial charge is 3.00 e. The Kier molecular flexibility index (Phi) is 33.4. The zero-order chi connectivity index (χ0) is 15.4. The molecule has 23 heteroatoms. The van der Waals surface area contributed by atoms with Crippen LogP contribution in [-0.2, 0) is 44.0 Å². The molecule has 16 nitrogen and oxygen atoms in total. The molecule has 0 aromatic carbocycles. The van der Waals surface area contributed by atoms with Crippen LogP contribution in [0.4, 0.5) is 0 Å². The standard InChI is InChI=1S/Fe.2Na.2H4O7P2.2H2O/c;;;2*1-8(2,3)7-9(4,5)6;;/h;;;2*(H2,1,2,3)(H2,4,5,6);2*1H2/q+3;2*+1;;;;/p-2. The summed E-state index contributed by atoms with van der Waals surface area (Å²) >= 11 is 0. The van der Waals surface area contributed by atoms with E-state index in [1.54, 1.807) is 0 Å². The van der Waals surface area contributed by atoms with Gasteiger partial charge in [0, 0.05) is 0 Å². The monoisotopic (exact) mass is 492 g/mol. The van der Waals surface area contributed by atoms with Crippen LogP contribution in [0.5, 0.6) is 0 Å². The maximum atomic E-state index is 9.59. The molecule has 0 fully saturated rings. The van der Waals surface area contributed by atoms with E-state index in [2.05, 4.69) is 8.62 Å². The molecule has 2 unspecified atom stereocenters. The minimum atomic E-state index is -5.30. The molecule has 0 bridgehead atoms. The maximum Gasteiger partial charge on any atom is 3.00 e. The van der Waals surface area contributed by atoms with Crippen molar-refractivity contribution in [2.24, 2.45) is 0 Å². The van der Waals surface area contributed by atoms with E-state index in [9.17, 15) is 28.0 Å². The Bertz CT molecular complexity index is 353. The Morgan fingerprint density at radius 1 is 0.609 bits per heavy atom. The van der Waals surface area contributed by atoms with Crippen molar-refractivity contribution in [1.82, 2.24) is 0 Å². The summed E-state index contributed by atoms with van der Waals surface area (Å²) in [5, 5.41) is 0. The van der Waals surface area contributed by atoms with Crippen molar-refractivity contribution >= 4 is 31.3 Å². The van der Waals surface area contributed by atoms with Crippen LogP contribution >= 0.6 is 31.3 Å². The minimum absolute atomic E-state index is 0. The van der Waals surface area contributed by atoms with Crippen molar-refractivity contribution in [3.05, 3.63) is 0 Å². The molecular weight excluding hydrogens is 482 g/mol. The first-order valence-electron chi connectivity index (χ1n) is 3.03. The van der Waals surface area contributed by atoms with Crippen LogP contribution in [0.15, 0.2) is 0 Å². The summed E-state index contributed by atoms with van der Waals surface area (Å²) in [6.07, 6.45) is 0. The fourth-order valence-electron chi connectivity index (χ4n) is 0.269. The first-order valence-corrected chi connectivity index (χ1v) is 9.08. The molecular formula is H10FeNa2O16P4+3. The fraction of sp³-hybridized carbons (Fsp3) is 0. The second kappa shape index (κ2) is 17.1. The van der Waals surface area contributed by atoms with Gasteiger partial charge >= 0.3 is 91.8 Å². The van der Waals surface area contributed by atoms with E-state index in [0.29, 0.717) is 0 Å². The summed E-state index contributed by atoms with van der Waals surface area (Å²) in [6, 6.07) is 0. The third kappa shape index (κ3) is 58.8. The van der Waals surface area contributed by atoms with Crippen molar-refractivity contribution in [3.8, 4) is 0 Å². The summed E-state index contributed by atoms with van der Waals surface area (Å²) in [5.41, 5.74) is 0. The minimum Gasteiger partial charge on any atom is -0.756 e. The third-order valence-corrected chi connectivity index (χ3v) is 3.77. The number of hydrogen-bond donors (Lipinski definition) is 6. The maximum absolute atomic E-state index is 9.59. The molecule has 0 aliphatic carbocycles. The van der Waals surface area contributed by atoms with E-state index >= 15 is 0 Å². The quantitative estimate of drug-likeness (QED) is 0.157. The van der Waals surface area contributed by atoms with Gasteiger partial charge in [-0.15, -0.1) is 0 Å². The molecule has 0 aliphatic rings. The molecule has 1 radical (unpaired) electrons. The molecule has 0 saturated heterocycles. The van der Waals surface area contributed by atoms with E-state index < -0.39 is 31.3 Å². The zero-order valence-electron chi connectivity index (χ0n) is 11.1. The number of rotatable bonds is 4. The van der Waals surface area contributed by atoms with Crippen molar-refractivity contribution in [2.75, 3.05) is 0 Å². The van der Waals surface area contributed by atoms with Crippen LogP contribution in [0, 0.1) is 0 Å². The second-order valence-corrected chi connectivity index (χ2v) is 7.22. The average Bonchev–Trinajstić information content (AvgIpc) is 1.64. The van der Waals surface area contributed by atoms with Gasteiger partial charge in [-0.3, -0.25) is 9.13 Å². The van der Waals surface area contributed by atoms with Gasteiger partial charge in [0.1, 0.15) is 0 Å². The molecule has 0 amide bonds. The van der Waals surface area contributed by atoms with Crippen LogP contribution in [-0.4, -0.2) is 40.3 Å². The summed E-state index contributed by atoms with van der Waals surface area (Å²) in [4.78, 5) is 65.1. The zero-order valence-corrected chi connectivity index (χ0v) is 19.8. The van der Waals surface area contributed by atoms with E-state index in [1.807, 2.05) is 0 Å². The van der Waals surface area contributed by atoms with Crippen molar-refractivity contribution in [2.45, 2.75) is 0 Å². The van der Waals surface area contributed by atoms with E-state index in [1.165, 1.54) is 0 Å². The van der Waals surface area contributed by atoms with Gasteiger partial charge in [0.15, 0.2) is 0 Å². The Labute approximate surface area is 183 Å². The SMILES string of the molecule is O.O.O=P([O-])(O)OP(=O)(O)O.O=P([O-])(O)OP(=O)(O)O.[Fe+3].[Na+].[Na+]. The molecule has 0 aromatic heterocycles. The predicted octanol–water partition coefficient (Wildman–Crippen LogP) is -10.5. The molecule has 0 spiro atoms. The van der Waals surface area contributed by atoms with Crippen molar-refractivity contribution < 1.29 is 153 Å². The summed E-state index contributed by atoms with van der Waals surface area (Å²) in [6.45, 7) is 0. The first-order chi connectivity index (χ1) is 7.41. The third-order valence-electron chi connectivity index (χ3n) is 0.419. The smallest absolute Gasteiger partial charge is 0.756 e. The Hall–Kier alpha value is 2.96. The number of phosphoric acid groups is 4. The molecule has 0 saturated carbocycles. The predicted molar refractivity (Wildman–Crippen MR) is 53.1 cm³/mol. The Morgan fingerprint density at radius 3 is 0.739 bits per heavy atom. The van der Waals surface area contributed by atoms with Crippen LogP contribution in [0.25, 0.3) is 0 Å². The Balaban J connectivity index is -0.0000000366. The van der Waals surface area contributed by atoms with Gasteiger partial charge in [-0.1, -0.05) is 0 Å². The molecule has 133 valence electrons. The molecule has 10 N–H and O–H groups in total. The van der Waals surface area contributed by atoms with Crippen LogP contribution < -0.4 is 68.9 Å². The van der Waals surface area contributed by atoms with Crippen molar-refractivity contribution in [1.29, 1.82) is 0 Å². The van der Waals surface area contributed by atoms with E-state index in [4.69, 9.17) is 29.4 Å². The van der Waals surface area contributed by atoms with E-state index in [0.717, 1.165) is 0 Å². The normalized spacial score (nSPS) is 15.0. The summed E-state index contributed by atoms with van der Waals surface area (Å²) in [7, 11) is -20.8. The molecule has 0 aromatic rings. The van der Waals surface area contributed by atoms with Gasteiger partial charge in [-0.05, 0) is 0 Å². The summed E-state index contributed by atoms with van der Waals surface area (Å²) < 4.78 is 43.9. The average molecular weight is 492 g/mol. The fourth-order valence-corrected chi connectivity index (χ4v) is 2.42. The topological polar surface area (TPSA) is 317 Å². The van der Waals surface area contributed by atoms with E-state index in [-0.39, 0.29) is 87.1 Å². The molecule has 0 aliphatic heterocycles. The Morgan fingerprint density at radius 2 is 0.739 bits per heavy atom. The molecule has 0 rings (SSSR count). The summed E-state index contributed by atoms with van der Waals surface area (Å²) in [5.74, 6) is 0. The van der Waals surface area contributed by atoms with Gasteiger partial charge in [0.25, 0.3) is 15.6 Å². The van der Waals surface area contributed by atoms with Crippen molar-refractivity contribution in [3.63, 3.8) is 0 Å². The molecule has 0 heterocycles.